The summed E-state index contributed by atoms with van der Waals surface area (Å²) in [6, 6.07) is 4.65. The highest BCUT2D eigenvalue weighted by molar-refractivity contribution is 7.89. The van der Waals surface area contributed by atoms with Gasteiger partial charge in [-0.05, 0) is 30.2 Å². The number of nitrogens with zero attached hydrogens (tertiary/aromatic N) is 3. The first-order chi connectivity index (χ1) is 13.3. The molecule has 0 aliphatic carbocycles. The van der Waals surface area contributed by atoms with Crippen molar-refractivity contribution < 1.29 is 12.8 Å². The molecule has 1 atom stereocenters. The number of benzene rings is 1. The Balaban J connectivity index is 1.66. The van der Waals surface area contributed by atoms with Gasteiger partial charge in [-0.1, -0.05) is 6.07 Å². The van der Waals surface area contributed by atoms with Crippen LogP contribution in [0.3, 0.4) is 0 Å². The standard InChI is InChI=1S/C19H30FN5O2S/c1-3-21-19(23-12-18-13-24-6-8-25(18)9-7-24)22-11-16-10-17(20)5-4-15(16)14-28(2,26)27/h4-5,10,18H,3,6-9,11-14H2,1-2H3,(H2,21,22,23). The van der Waals surface area contributed by atoms with Gasteiger partial charge in [0.05, 0.1) is 12.3 Å². The van der Waals surface area contributed by atoms with Crippen molar-refractivity contribution >= 4 is 15.8 Å². The van der Waals surface area contributed by atoms with Gasteiger partial charge in [0.25, 0.3) is 0 Å². The van der Waals surface area contributed by atoms with E-state index in [-0.39, 0.29) is 18.1 Å². The minimum Gasteiger partial charge on any atom is -0.357 e. The van der Waals surface area contributed by atoms with Crippen LogP contribution in [0.2, 0.25) is 0 Å². The number of sulfone groups is 1. The molecule has 0 saturated carbocycles. The van der Waals surface area contributed by atoms with Crippen molar-refractivity contribution in [1.29, 1.82) is 0 Å². The summed E-state index contributed by atoms with van der Waals surface area (Å²) < 4.78 is 37.0. The van der Waals surface area contributed by atoms with E-state index in [0.717, 1.165) is 39.3 Å². The van der Waals surface area contributed by atoms with E-state index in [0.29, 0.717) is 29.7 Å². The average molecular weight is 412 g/mol. The lowest BCUT2D eigenvalue weighted by molar-refractivity contribution is 0.0154. The predicted molar refractivity (Wildman–Crippen MR) is 110 cm³/mol. The Morgan fingerprint density at radius 3 is 2.57 bits per heavy atom. The summed E-state index contributed by atoms with van der Waals surface area (Å²) in [4.78, 5) is 9.56. The molecule has 7 nitrogen and oxygen atoms in total. The lowest BCUT2D eigenvalue weighted by Gasteiger charge is -2.47. The minimum absolute atomic E-state index is 0.116. The minimum atomic E-state index is -3.20. The molecule has 2 bridgehead atoms. The molecule has 1 aromatic carbocycles. The number of hydrogen-bond donors (Lipinski definition) is 2. The number of aliphatic imine (C=N–C) groups is 1. The second-order valence-electron chi connectivity index (χ2n) is 7.55. The maximum absolute atomic E-state index is 13.7. The summed E-state index contributed by atoms with van der Waals surface area (Å²) in [5.41, 5.74) is 1.18. The largest absolute Gasteiger partial charge is 0.357 e. The van der Waals surface area contributed by atoms with Crippen LogP contribution in [-0.4, -0.2) is 82.3 Å². The highest BCUT2D eigenvalue weighted by Crippen LogP contribution is 2.16. The second kappa shape index (κ2) is 9.19. The van der Waals surface area contributed by atoms with E-state index in [9.17, 15) is 12.8 Å². The molecule has 4 rings (SSSR count). The summed E-state index contributed by atoms with van der Waals surface area (Å²) in [5, 5.41) is 6.60. The van der Waals surface area contributed by atoms with Crippen LogP contribution >= 0.6 is 0 Å². The number of halogens is 1. The summed E-state index contributed by atoms with van der Waals surface area (Å²) >= 11 is 0. The van der Waals surface area contributed by atoms with E-state index in [4.69, 9.17) is 0 Å². The number of nitrogens with one attached hydrogen (secondary N) is 2. The van der Waals surface area contributed by atoms with E-state index >= 15 is 0 Å². The number of guanidine groups is 1. The zero-order chi connectivity index (χ0) is 20.1. The molecular weight excluding hydrogens is 381 g/mol. The first-order valence-corrected chi connectivity index (χ1v) is 11.8. The molecule has 28 heavy (non-hydrogen) atoms. The van der Waals surface area contributed by atoms with Crippen LogP contribution in [0.1, 0.15) is 18.1 Å². The Kier molecular flexibility index (Phi) is 6.90. The van der Waals surface area contributed by atoms with Crippen molar-refractivity contribution in [2.45, 2.75) is 25.3 Å². The molecule has 3 aliphatic heterocycles. The third-order valence-electron chi connectivity index (χ3n) is 5.24. The molecule has 1 aromatic rings. The first-order valence-electron chi connectivity index (χ1n) is 9.77. The molecule has 3 saturated heterocycles. The van der Waals surface area contributed by atoms with Gasteiger partial charge in [-0.3, -0.25) is 9.80 Å². The van der Waals surface area contributed by atoms with Crippen molar-refractivity contribution in [3.8, 4) is 0 Å². The zero-order valence-electron chi connectivity index (χ0n) is 16.6. The van der Waals surface area contributed by atoms with Crippen LogP contribution in [0.5, 0.6) is 0 Å². The normalized spacial score (nSPS) is 25.0. The smallest absolute Gasteiger partial charge is 0.191 e. The molecule has 3 aliphatic rings. The predicted octanol–water partition coefficient (Wildman–Crippen LogP) is 0.425. The fourth-order valence-corrected chi connectivity index (χ4v) is 4.65. The zero-order valence-corrected chi connectivity index (χ0v) is 17.4. The highest BCUT2D eigenvalue weighted by atomic mass is 32.2. The van der Waals surface area contributed by atoms with Gasteiger partial charge in [-0.15, -0.1) is 0 Å². The van der Waals surface area contributed by atoms with Crippen molar-refractivity contribution in [3.05, 3.63) is 35.1 Å². The Hall–Kier alpha value is -1.71. The van der Waals surface area contributed by atoms with Crippen LogP contribution in [0.4, 0.5) is 4.39 Å². The van der Waals surface area contributed by atoms with Crippen LogP contribution in [0.15, 0.2) is 23.2 Å². The second-order valence-corrected chi connectivity index (χ2v) is 9.69. The summed E-state index contributed by atoms with van der Waals surface area (Å²) in [5.74, 6) is 0.157. The molecular formula is C19H30FN5O2S. The van der Waals surface area contributed by atoms with Crippen molar-refractivity contribution in [2.24, 2.45) is 4.99 Å². The highest BCUT2D eigenvalue weighted by Gasteiger charge is 2.31. The number of piperazine rings is 3. The van der Waals surface area contributed by atoms with Gasteiger partial charge >= 0.3 is 0 Å². The fourth-order valence-electron chi connectivity index (χ4n) is 3.80. The van der Waals surface area contributed by atoms with E-state index in [2.05, 4.69) is 25.4 Å². The third-order valence-corrected chi connectivity index (χ3v) is 6.07. The molecule has 156 valence electrons. The SMILES string of the molecule is CCNC(=NCc1cc(F)ccc1CS(C)(=O)=O)NCC1CN2CCN1CC2. The summed E-state index contributed by atoms with van der Waals surface area (Å²) in [6.45, 7) is 9.30. The van der Waals surface area contributed by atoms with Gasteiger partial charge < -0.3 is 10.6 Å². The van der Waals surface area contributed by atoms with Gasteiger partial charge in [0.15, 0.2) is 15.8 Å². The van der Waals surface area contributed by atoms with Gasteiger partial charge in [-0.2, -0.15) is 0 Å². The Labute approximate surface area is 166 Å². The van der Waals surface area contributed by atoms with Crippen LogP contribution < -0.4 is 10.6 Å². The molecule has 0 amide bonds. The average Bonchev–Trinajstić information content (AvgIpc) is 2.66. The van der Waals surface area contributed by atoms with Gasteiger partial charge in [0.2, 0.25) is 0 Å². The van der Waals surface area contributed by atoms with E-state index in [1.165, 1.54) is 24.5 Å². The summed E-state index contributed by atoms with van der Waals surface area (Å²) in [6.07, 6.45) is 1.18. The van der Waals surface area contributed by atoms with Crippen molar-refractivity contribution in [2.75, 3.05) is 52.1 Å². The Morgan fingerprint density at radius 2 is 1.96 bits per heavy atom. The topological polar surface area (TPSA) is 77.0 Å². The molecule has 2 N–H and O–H groups in total. The third kappa shape index (κ3) is 5.89. The van der Waals surface area contributed by atoms with Crippen molar-refractivity contribution in [1.82, 2.24) is 20.4 Å². The van der Waals surface area contributed by atoms with Crippen molar-refractivity contribution in [3.63, 3.8) is 0 Å². The molecule has 0 aromatic heterocycles. The molecule has 0 spiro atoms. The number of fused-ring (bicyclic) bond motifs is 3. The Morgan fingerprint density at radius 1 is 1.21 bits per heavy atom. The lowest BCUT2D eigenvalue weighted by Crippen LogP contribution is -2.63. The first kappa shape index (κ1) is 21.0. The number of rotatable bonds is 7. The molecule has 1 unspecified atom stereocenters. The number of hydrogen-bond acceptors (Lipinski definition) is 5. The monoisotopic (exact) mass is 411 g/mol. The van der Waals surface area contributed by atoms with E-state index in [1.54, 1.807) is 0 Å². The van der Waals surface area contributed by atoms with Gasteiger partial charge in [0, 0.05) is 58.1 Å². The Bertz CT molecular complexity index is 807. The van der Waals surface area contributed by atoms with Crippen LogP contribution in [0.25, 0.3) is 0 Å². The lowest BCUT2D eigenvalue weighted by atomic mass is 10.1. The summed E-state index contributed by atoms with van der Waals surface area (Å²) in [7, 11) is -3.20. The quantitative estimate of drug-likeness (QED) is 0.500. The van der Waals surface area contributed by atoms with Gasteiger partial charge in [-0.25, -0.2) is 17.8 Å². The van der Waals surface area contributed by atoms with Gasteiger partial charge in [0.1, 0.15) is 5.82 Å². The van der Waals surface area contributed by atoms with E-state index in [1.807, 2.05) is 6.92 Å². The fraction of sp³-hybridized carbons (Fsp3) is 0.632. The van der Waals surface area contributed by atoms with Crippen LogP contribution in [0, 0.1) is 5.82 Å². The molecule has 3 heterocycles. The molecule has 9 heteroatoms. The molecule has 0 radical (unpaired) electrons. The molecule has 3 fully saturated rings. The maximum Gasteiger partial charge on any atom is 0.191 e. The van der Waals surface area contributed by atoms with Crippen LogP contribution in [-0.2, 0) is 22.1 Å². The van der Waals surface area contributed by atoms with E-state index < -0.39 is 9.84 Å². The maximum atomic E-state index is 13.7.